The maximum Gasteiger partial charge on any atom is 0.177 e. The molecular formula is C56H48CoN4O8P2+2. The van der Waals surface area contributed by atoms with Crippen molar-refractivity contribution in [2.24, 2.45) is 20.6 Å². The number of oxime groups is 4. The summed E-state index contributed by atoms with van der Waals surface area (Å²) in [4.78, 5) is 0. The summed E-state index contributed by atoms with van der Waals surface area (Å²) >= 11 is 0. The van der Waals surface area contributed by atoms with Crippen molar-refractivity contribution in [1.82, 2.24) is 0 Å². The molecule has 0 aliphatic heterocycles. The van der Waals surface area contributed by atoms with Gasteiger partial charge in [-0.2, -0.15) is 0 Å². The van der Waals surface area contributed by atoms with Crippen LogP contribution in [0.2, 0.25) is 0 Å². The van der Waals surface area contributed by atoms with Gasteiger partial charge in [-0.15, -0.1) is 0 Å². The van der Waals surface area contributed by atoms with Crippen molar-refractivity contribution in [3.63, 3.8) is 0 Å². The van der Waals surface area contributed by atoms with E-state index >= 15 is 0 Å². The molecular weight excluding hydrogens is 978 g/mol. The predicted octanol–water partition coefficient (Wildman–Crippen LogP) is 10.2. The van der Waals surface area contributed by atoms with Crippen LogP contribution in [0.15, 0.2) is 294 Å². The summed E-state index contributed by atoms with van der Waals surface area (Å²) in [5.41, 5.74) is -0.0465. The second-order valence-electron chi connectivity index (χ2n) is 14.6. The van der Waals surface area contributed by atoms with Crippen molar-refractivity contribution < 1.29 is 55.3 Å². The summed E-state index contributed by atoms with van der Waals surface area (Å²) in [6, 6.07) is 77.8. The van der Waals surface area contributed by atoms with Gasteiger partial charge >= 0.3 is 0 Å². The first-order valence-electron chi connectivity index (χ1n) is 21.7. The molecule has 12 nitrogen and oxygen atoms in total. The van der Waals surface area contributed by atoms with Gasteiger partial charge in [0.2, 0.25) is 0 Å². The summed E-state index contributed by atoms with van der Waals surface area (Å²) in [6.45, 7) is 0. The van der Waals surface area contributed by atoms with Crippen LogP contribution < -0.4 is 31.8 Å². The van der Waals surface area contributed by atoms with Gasteiger partial charge in [0.1, 0.15) is 31.8 Å². The molecule has 71 heavy (non-hydrogen) atoms. The minimum Gasteiger partial charge on any atom is -0.463 e. The van der Waals surface area contributed by atoms with E-state index in [0.29, 0.717) is 0 Å². The monoisotopic (exact) mass is 1030 g/mol. The number of hydrogen-bond donors (Lipinski definition) is 4. The summed E-state index contributed by atoms with van der Waals surface area (Å²) < 4.78 is 20.2. The van der Waals surface area contributed by atoms with E-state index in [1.165, 1.54) is 56.9 Å². The molecule has 1 radical (unpaired) electrons. The van der Waals surface area contributed by atoms with E-state index in [9.17, 15) is 0 Å². The molecule has 0 amide bonds. The predicted molar refractivity (Wildman–Crippen MR) is 281 cm³/mol. The quantitative estimate of drug-likeness (QED) is 0.0404. The number of nitrogens with zero attached hydrogens (tertiary/aromatic N) is 4. The van der Waals surface area contributed by atoms with Crippen LogP contribution in [0.1, 0.15) is 23.0 Å². The van der Waals surface area contributed by atoms with Crippen LogP contribution >= 0.6 is 15.8 Å². The minimum atomic E-state index is -0.877. The smallest absolute Gasteiger partial charge is 0.177 e. The Morgan fingerprint density at radius 1 is 0.254 bits per heavy atom. The van der Waals surface area contributed by atoms with E-state index < -0.39 is 15.8 Å². The average Bonchev–Trinajstić information content (AvgIpc) is 4.31. The van der Waals surface area contributed by atoms with Gasteiger partial charge in [-0.25, -0.2) is 0 Å². The molecule has 0 atom stereocenters. The number of furan rings is 4. The van der Waals surface area contributed by atoms with Crippen molar-refractivity contribution in [3.8, 4) is 0 Å². The topological polar surface area (TPSA) is 183 Å². The van der Waals surface area contributed by atoms with E-state index in [0.717, 1.165) is 0 Å². The Balaban J connectivity index is 0.000000155. The van der Waals surface area contributed by atoms with Crippen molar-refractivity contribution >= 4 is 70.5 Å². The first-order chi connectivity index (χ1) is 34.6. The standard InChI is InChI=1S/2C18H15P.2C10H8N2O4.Co/c2*1-4-10-16(11-5-1)19(17-12-6-2-7-13-17)18-14-8-3-9-15-18;2*13-11-9(7-3-1-5-15-7)10(12-14)8-4-2-6-16-8;/h2*1-15H;2*1-6,13-14H;/p+2. The van der Waals surface area contributed by atoms with Gasteiger partial charge in [0, 0.05) is 16.8 Å². The third-order valence-electron chi connectivity index (χ3n) is 10.2. The molecule has 10 rings (SSSR count). The zero-order chi connectivity index (χ0) is 48.6. The molecule has 0 saturated carbocycles. The summed E-state index contributed by atoms with van der Waals surface area (Å²) in [5.74, 6) is 1.08. The van der Waals surface area contributed by atoms with Crippen molar-refractivity contribution in [2.45, 2.75) is 0 Å². The molecule has 0 saturated heterocycles. The van der Waals surface area contributed by atoms with Gasteiger partial charge in [0.05, 0.1) is 40.9 Å². The zero-order valence-corrected chi connectivity index (χ0v) is 40.8. The number of rotatable bonds is 12. The van der Waals surface area contributed by atoms with E-state index in [1.807, 2.05) is 0 Å². The van der Waals surface area contributed by atoms with Gasteiger partial charge in [-0.05, 0) is 121 Å². The Hall–Kier alpha value is -8.31. The summed E-state index contributed by atoms with van der Waals surface area (Å²) in [6.07, 6.45) is 5.66. The molecule has 0 bridgehead atoms. The Kier molecular flexibility index (Phi) is 20.7. The maximum absolute atomic E-state index is 8.89. The van der Waals surface area contributed by atoms with Crippen LogP contribution in [0.5, 0.6) is 0 Å². The molecule has 0 unspecified atom stereocenters. The summed E-state index contributed by atoms with van der Waals surface area (Å²) in [7, 11) is -1.75. The molecule has 0 spiro atoms. The van der Waals surface area contributed by atoms with Crippen molar-refractivity contribution in [2.75, 3.05) is 0 Å². The SMILES string of the molecule is ON=C(C(=NO)c1ccco1)c1ccco1.ON=C(C(=NO)c1ccco1)c1ccco1.[Co].c1ccc([PH+](c2ccccc2)c2ccccc2)cc1.c1ccc([PH+](c2ccccc2)c2ccccc2)cc1. The van der Waals surface area contributed by atoms with Crippen LogP contribution in [0, 0.1) is 0 Å². The Morgan fingerprint density at radius 3 is 0.549 bits per heavy atom. The number of hydrogen-bond acceptors (Lipinski definition) is 12. The molecule has 357 valence electrons. The fourth-order valence-corrected chi connectivity index (χ4v) is 12.3. The number of benzene rings is 6. The molecule has 6 aromatic carbocycles. The Morgan fingerprint density at radius 2 is 0.423 bits per heavy atom. The minimum absolute atomic E-state index is 0. The van der Waals surface area contributed by atoms with Crippen LogP contribution in [-0.4, -0.2) is 43.7 Å². The molecule has 10 aromatic rings. The summed E-state index contributed by atoms with van der Waals surface area (Å²) in [5, 5.41) is 56.3. The van der Waals surface area contributed by atoms with Crippen LogP contribution in [0.4, 0.5) is 0 Å². The molecule has 4 N–H and O–H groups in total. The van der Waals surface area contributed by atoms with Crippen molar-refractivity contribution in [1.29, 1.82) is 0 Å². The van der Waals surface area contributed by atoms with Gasteiger partial charge in [0.25, 0.3) is 0 Å². The first-order valence-corrected chi connectivity index (χ1v) is 24.7. The fraction of sp³-hybridized carbons (Fsp3) is 0. The Bertz CT molecular complexity index is 2610. The average molecular weight is 1030 g/mol. The molecule has 0 aliphatic carbocycles. The van der Waals surface area contributed by atoms with Crippen LogP contribution in [0.25, 0.3) is 0 Å². The normalized spacial score (nSPS) is 11.5. The van der Waals surface area contributed by atoms with Crippen LogP contribution in [0.3, 0.4) is 0 Å². The van der Waals surface area contributed by atoms with Crippen molar-refractivity contribution in [3.05, 3.63) is 279 Å². The van der Waals surface area contributed by atoms with E-state index in [1.54, 1.807) is 48.5 Å². The zero-order valence-electron chi connectivity index (χ0n) is 37.8. The Labute approximate surface area is 422 Å². The molecule has 0 aliphatic rings. The largest absolute Gasteiger partial charge is 0.463 e. The maximum atomic E-state index is 8.89. The molecule has 4 aromatic heterocycles. The second kappa shape index (κ2) is 28.2. The third kappa shape index (κ3) is 14.4. The van der Waals surface area contributed by atoms with E-state index in [-0.39, 0.29) is 62.7 Å². The first kappa shape index (κ1) is 52.1. The van der Waals surface area contributed by atoms with Crippen LogP contribution in [-0.2, 0) is 16.8 Å². The second-order valence-corrected chi connectivity index (χ2v) is 19.6. The third-order valence-corrected chi connectivity index (χ3v) is 15.7. The van der Waals surface area contributed by atoms with E-state index in [2.05, 4.69) is 203 Å². The molecule has 15 heteroatoms. The van der Waals surface area contributed by atoms with E-state index in [4.69, 9.17) is 38.5 Å². The molecule has 4 heterocycles. The van der Waals surface area contributed by atoms with Gasteiger partial charge < -0.3 is 38.5 Å². The van der Waals surface area contributed by atoms with Gasteiger partial charge in [-0.1, -0.05) is 130 Å². The molecule has 0 fully saturated rings. The van der Waals surface area contributed by atoms with Gasteiger partial charge in [0.15, 0.2) is 45.9 Å². The van der Waals surface area contributed by atoms with Gasteiger partial charge in [-0.3, -0.25) is 0 Å². The fourth-order valence-electron chi connectivity index (χ4n) is 7.14.